The highest BCUT2D eigenvalue weighted by Gasteiger charge is 2.60. The Balaban J connectivity index is 1.62. The lowest BCUT2D eigenvalue weighted by molar-refractivity contribution is -0.384. The van der Waals surface area contributed by atoms with Crippen molar-refractivity contribution in [1.29, 1.82) is 0 Å². The molecule has 3 aromatic rings. The van der Waals surface area contributed by atoms with Gasteiger partial charge in [-0.1, -0.05) is 42.5 Å². The summed E-state index contributed by atoms with van der Waals surface area (Å²) in [5.74, 6) is -1.75. The lowest BCUT2D eigenvalue weighted by Gasteiger charge is -2.28. The molecule has 3 atom stereocenters. The number of non-ortho nitro benzene ring substituents is 1. The molecule has 0 aromatic heterocycles. The normalized spacial score (nSPS) is 22.3. The third-order valence-corrected chi connectivity index (χ3v) is 6.31. The Kier molecular flexibility index (Phi) is 4.99. The minimum absolute atomic E-state index is 0.0987. The Labute approximate surface area is 191 Å². The summed E-state index contributed by atoms with van der Waals surface area (Å²) < 4.78 is 0.605. The van der Waals surface area contributed by atoms with E-state index < -0.39 is 34.8 Å². The fraction of sp³-hybridized carbons (Fsp3) is 0.130. The van der Waals surface area contributed by atoms with Crippen molar-refractivity contribution in [2.75, 3.05) is 9.96 Å². The Morgan fingerprint density at radius 1 is 0.906 bits per heavy atom. The fourth-order valence-electron chi connectivity index (χ4n) is 4.25. The standard InChI is InChI=1S/C23H16BrN3O5/c24-17-11-4-5-12-18(17)25-22(28)19-20(14-7-6-10-16(13-14)27(30)31)26(32-21(19)23(25)29)15-8-2-1-3-9-15/h1-13,19-21H/t19-,20-,21+/m1/s1. The van der Waals surface area contributed by atoms with Gasteiger partial charge in [0.05, 0.1) is 22.3 Å². The molecule has 2 heterocycles. The highest BCUT2D eigenvalue weighted by atomic mass is 79.9. The van der Waals surface area contributed by atoms with Gasteiger partial charge in [-0.25, -0.2) is 9.96 Å². The maximum atomic E-state index is 13.6. The van der Waals surface area contributed by atoms with E-state index in [1.165, 1.54) is 17.2 Å². The number of carbonyl (C=O) groups excluding carboxylic acids is 2. The number of fused-ring (bicyclic) bond motifs is 1. The largest absolute Gasteiger partial charge is 0.273 e. The number of para-hydroxylation sites is 2. The zero-order chi connectivity index (χ0) is 22.4. The van der Waals surface area contributed by atoms with Crippen molar-refractivity contribution in [3.8, 4) is 0 Å². The first-order chi connectivity index (χ1) is 15.5. The topological polar surface area (TPSA) is 93.0 Å². The van der Waals surface area contributed by atoms with Crippen LogP contribution in [-0.4, -0.2) is 22.8 Å². The number of halogens is 1. The van der Waals surface area contributed by atoms with Gasteiger partial charge in [-0.3, -0.25) is 24.5 Å². The Bertz CT molecular complexity index is 1240. The lowest BCUT2D eigenvalue weighted by atomic mass is 9.90. The minimum Gasteiger partial charge on any atom is -0.273 e. The van der Waals surface area contributed by atoms with E-state index in [9.17, 15) is 19.7 Å². The monoisotopic (exact) mass is 493 g/mol. The van der Waals surface area contributed by atoms with Crippen molar-refractivity contribution in [3.63, 3.8) is 0 Å². The van der Waals surface area contributed by atoms with Gasteiger partial charge in [0.15, 0.2) is 6.10 Å². The SMILES string of the molecule is O=C1[C@H]2[C@H](ON(c3ccccc3)[C@@H]2c2cccc([N+](=O)[O-])c2)C(=O)N1c1ccccc1Br. The number of hydroxylamine groups is 1. The number of amides is 2. The summed E-state index contributed by atoms with van der Waals surface area (Å²) in [6.45, 7) is 0. The molecule has 160 valence electrons. The number of imide groups is 1. The number of anilines is 2. The van der Waals surface area contributed by atoms with E-state index in [-0.39, 0.29) is 5.69 Å². The summed E-state index contributed by atoms with van der Waals surface area (Å²) in [5, 5.41) is 12.9. The van der Waals surface area contributed by atoms with Crippen molar-refractivity contribution < 1.29 is 19.3 Å². The van der Waals surface area contributed by atoms with Crippen LogP contribution < -0.4 is 9.96 Å². The van der Waals surface area contributed by atoms with E-state index in [1.54, 1.807) is 48.5 Å². The molecule has 0 aliphatic carbocycles. The van der Waals surface area contributed by atoms with E-state index in [1.807, 2.05) is 18.2 Å². The molecule has 2 aliphatic heterocycles. The molecule has 0 radical (unpaired) electrons. The van der Waals surface area contributed by atoms with E-state index in [0.29, 0.717) is 21.4 Å². The molecular formula is C23H16BrN3O5. The van der Waals surface area contributed by atoms with Crippen LogP contribution >= 0.6 is 15.9 Å². The van der Waals surface area contributed by atoms with Gasteiger partial charge in [-0.2, -0.15) is 0 Å². The van der Waals surface area contributed by atoms with Crippen LogP contribution in [0.1, 0.15) is 11.6 Å². The fourth-order valence-corrected chi connectivity index (χ4v) is 4.71. The molecule has 2 aliphatic rings. The third-order valence-electron chi connectivity index (χ3n) is 5.64. The zero-order valence-corrected chi connectivity index (χ0v) is 18.1. The van der Waals surface area contributed by atoms with Crippen molar-refractivity contribution in [2.45, 2.75) is 12.1 Å². The maximum absolute atomic E-state index is 13.6. The molecule has 0 saturated carbocycles. The van der Waals surface area contributed by atoms with Crippen LogP contribution in [0.3, 0.4) is 0 Å². The second kappa shape index (κ2) is 7.85. The second-order valence-electron chi connectivity index (χ2n) is 7.47. The van der Waals surface area contributed by atoms with Gasteiger partial charge in [0.1, 0.15) is 5.92 Å². The van der Waals surface area contributed by atoms with E-state index in [0.717, 1.165) is 4.90 Å². The van der Waals surface area contributed by atoms with Crippen LogP contribution in [0.15, 0.2) is 83.3 Å². The Hall–Kier alpha value is -3.56. The average Bonchev–Trinajstić information content (AvgIpc) is 3.31. The molecule has 32 heavy (non-hydrogen) atoms. The van der Waals surface area contributed by atoms with Crippen molar-refractivity contribution >= 4 is 44.8 Å². The van der Waals surface area contributed by atoms with Gasteiger partial charge in [-0.15, -0.1) is 0 Å². The lowest BCUT2D eigenvalue weighted by Crippen LogP contribution is -2.37. The van der Waals surface area contributed by atoms with Gasteiger partial charge >= 0.3 is 0 Å². The summed E-state index contributed by atoms with van der Waals surface area (Å²) in [7, 11) is 0. The molecule has 5 rings (SSSR count). The number of hydrogen-bond donors (Lipinski definition) is 0. The van der Waals surface area contributed by atoms with Crippen molar-refractivity contribution in [2.24, 2.45) is 5.92 Å². The average molecular weight is 494 g/mol. The van der Waals surface area contributed by atoms with Gasteiger partial charge < -0.3 is 0 Å². The highest BCUT2D eigenvalue weighted by Crippen LogP contribution is 2.48. The predicted molar refractivity (Wildman–Crippen MR) is 120 cm³/mol. The first-order valence-electron chi connectivity index (χ1n) is 9.85. The van der Waals surface area contributed by atoms with Crippen molar-refractivity contribution in [1.82, 2.24) is 0 Å². The number of nitrogens with zero attached hydrogens (tertiary/aromatic N) is 3. The van der Waals surface area contributed by atoms with Crippen LogP contribution in [0.5, 0.6) is 0 Å². The smallest absolute Gasteiger partial charge is 0.269 e. The number of nitro groups is 1. The molecule has 0 bridgehead atoms. The van der Waals surface area contributed by atoms with Crippen LogP contribution in [0.25, 0.3) is 0 Å². The molecule has 0 unspecified atom stereocenters. The molecule has 2 amide bonds. The number of rotatable bonds is 4. The zero-order valence-electron chi connectivity index (χ0n) is 16.5. The molecule has 0 N–H and O–H groups in total. The highest BCUT2D eigenvalue weighted by molar-refractivity contribution is 9.10. The Morgan fingerprint density at radius 3 is 2.34 bits per heavy atom. The first kappa shape index (κ1) is 20.3. The molecule has 3 aromatic carbocycles. The summed E-state index contributed by atoms with van der Waals surface area (Å²) in [4.78, 5) is 44.9. The predicted octanol–water partition coefficient (Wildman–Crippen LogP) is 4.41. The molecule has 0 spiro atoms. The number of hydrogen-bond acceptors (Lipinski definition) is 6. The third kappa shape index (κ3) is 3.17. The quantitative estimate of drug-likeness (QED) is 0.303. The maximum Gasteiger partial charge on any atom is 0.269 e. The minimum atomic E-state index is -1.04. The molecule has 9 heteroatoms. The number of carbonyl (C=O) groups is 2. The molecular weight excluding hydrogens is 478 g/mol. The van der Waals surface area contributed by atoms with E-state index in [2.05, 4.69) is 15.9 Å². The first-order valence-corrected chi connectivity index (χ1v) is 10.6. The van der Waals surface area contributed by atoms with Crippen LogP contribution in [0, 0.1) is 16.0 Å². The number of nitro benzene ring substituents is 1. The summed E-state index contributed by atoms with van der Waals surface area (Å²) in [6, 6.07) is 21.4. The second-order valence-corrected chi connectivity index (χ2v) is 8.33. The van der Waals surface area contributed by atoms with Crippen LogP contribution in [-0.2, 0) is 14.4 Å². The van der Waals surface area contributed by atoms with Gasteiger partial charge in [-0.05, 0) is 45.8 Å². The van der Waals surface area contributed by atoms with Gasteiger partial charge in [0, 0.05) is 16.6 Å². The molecule has 2 fully saturated rings. The van der Waals surface area contributed by atoms with Gasteiger partial charge in [0.25, 0.3) is 11.6 Å². The summed E-state index contributed by atoms with van der Waals surface area (Å²) >= 11 is 3.40. The molecule has 8 nitrogen and oxygen atoms in total. The van der Waals surface area contributed by atoms with Crippen LogP contribution in [0.4, 0.5) is 17.1 Å². The van der Waals surface area contributed by atoms with Crippen LogP contribution in [0.2, 0.25) is 0 Å². The van der Waals surface area contributed by atoms with Gasteiger partial charge in [0.2, 0.25) is 5.91 Å². The van der Waals surface area contributed by atoms with E-state index >= 15 is 0 Å². The van der Waals surface area contributed by atoms with Crippen molar-refractivity contribution in [3.05, 3.63) is 99.0 Å². The summed E-state index contributed by atoms with van der Waals surface area (Å²) in [5.41, 5.74) is 1.50. The molecule has 2 saturated heterocycles. The van der Waals surface area contributed by atoms with E-state index in [4.69, 9.17) is 4.84 Å². The Morgan fingerprint density at radius 2 is 1.62 bits per heavy atom. The summed E-state index contributed by atoms with van der Waals surface area (Å²) in [6.07, 6.45) is -1.04. The number of benzene rings is 3.